The number of anilines is 1. The number of benzene rings is 1. The minimum atomic E-state index is -4.61. The Balaban J connectivity index is 1.13. The van der Waals surface area contributed by atoms with E-state index in [0.29, 0.717) is 18.7 Å². The molecule has 0 bridgehead atoms. The number of phosphoric acid groups is 1. The SMILES string of the molecule is CCCCCCCCCCCCCCCCC(COCCCOP(=O)(O)OC[C@H]1O[C@@](C#N)(c2ccc3c(N)ncnn23)[C@H](O)[C@@H]1O)OCc1ccc(F)cc1. The topological polar surface area (TPSA) is 204 Å². The fourth-order valence-electron chi connectivity index (χ4n) is 6.89. The van der Waals surface area contributed by atoms with E-state index in [1.807, 2.05) is 6.07 Å². The van der Waals surface area contributed by atoms with E-state index in [9.17, 15) is 29.3 Å². The van der Waals surface area contributed by atoms with Gasteiger partial charge in [-0.1, -0.05) is 109 Å². The summed E-state index contributed by atoms with van der Waals surface area (Å²) < 4.78 is 55.3. The summed E-state index contributed by atoms with van der Waals surface area (Å²) in [4.78, 5) is 14.2. The number of aromatic nitrogens is 3. The molecule has 0 radical (unpaired) electrons. The molecule has 1 fully saturated rings. The van der Waals surface area contributed by atoms with Gasteiger partial charge in [0.25, 0.3) is 0 Å². The van der Waals surface area contributed by atoms with Crippen molar-refractivity contribution in [1.29, 1.82) is 5.26 Å². The van der Waals surface area contributed by atoms with Gasteiger partial charge in [-0.05, 0) is 42.7 Å². The van der Waals surface area contributed by atoms with E-state index in [4.69, 9.17) is 29.0 Å². The number of nitriles is 1. The number of hydrogen-bond acceptors (Lipinski definition) is 12. The van der Waals surface area contributed by atoms with Crippen LogP contribution in [0.15, 0.2) is 42.7 Å². The maximum atomic E-state index is 13.4. The van der Waals surface area contributed by atoms with Gasteiger partial charge in [0.15, 0.2) is 5.82 Å². The first-order valence-corrected chi connectivity index (χ1v) is 21.7. The molecular formula is C40H61FN5O9P. The fourth-order valence-corrected chi connectivity index (χ4v) is 7.66. The number of nitrogens with two attached hydrogens (primary N) is 1. The standard InChI is InChI=1S/C40H61FN5O9P/c1-2-3-4-5-6-7-8-9-10-11-12-13-14-15-17-33(52-26-31-18-20-32(41)21-19-31)27-51-24-16-25-53-56(49,50)54-28-35-37(47)38(48)40(29-42,55-35)36-23-22-34-39(43)44-30-45-46(34)36/h18-23,30,33,35,37-38,47-48H,2-17,24-28H2,1H3,(H,49,50)(H2,43,44,45)/t33?,35-,37-,38-,40+/m1/s1. The average Bonchev–Trinajstić information content (AvgIpc) is 3.74. The third-order valence-corrected chi connectivity index (χ3v) is 11.1. The van der Waals surface area contributed by atoms with E-state index in [2.05, 4.69) is 17.0 Å². The van der Waals surface area contributed by atoms with Crippen molar-refractivity contribution in [2.24, 2.45) is 0 Å². The summed E-state index contributed by atoms with van der Waals surface area (Å²) in [5.41, 5.74) is 5.12. The molecule has 3 aromatic rings. The Morgan fingerprint density at radius 3 is 2.23 bits per heavy atom. The maximum absolute atomic E-state index is 13.4. The molecule has 56 heavy (non-hydrogen) atoms. The number of nitrogens with zero attached hydrogens (tertiary/aromatic N) is 4. The molecule has 6 atom stereocenters. The maximum Gasteiger partial charge on any atom is 0.472 e. The third kappa shape index (κ3) is 14.1. The lowest BCUT2D eigenvalue weighted by atomic mass is 9.92. The molecule has 1 aliphatic heterocycles. The normalized spacial score (nSPS) is 21.3. The molecule has 0 amide bonds. The van der Waals surface area contributed by atoms with Crippen molar-refractivity contribution in [1.82, 2.24) is 14.6 Å². The van der Waals surface area contributed by atoms with E-state index in [-0.39, 0.29) is 43.1 Å². The summed E-state index contributed by atoms with van der Waals surface area (Å²) in [6, 6.07) is 11.1. The molecule has 1 aromatic carbocycles. The zero-order chi connectivity index (χ0) is 40.2. The van der Waals surface area contributed by atoms with Gasteiger partial charge >= 0.3 is 7.82 Å². The first kappa shape index (κ1) is 45.7. The first-order valence-electron chi connectivity index (χ1n) is 20.2. The Kier molecular flexibility index (Phi) is 19.6. The lowest BCUT2D eigenvalue weighted by Gasteiger charge is -2.24. The molecule has 5 N–H and O–H groups in total. The Morgan fingerprint density at radius 2 is 1.59 bits per heavy atom. The minimum Gasteiger partial charge on any atom is -0.387 e. The Hall–Kier alpha value is -3.03. The predicted molar refractivity (Wildman–Crippen MR) is 209 cm³/mol. The highest BCUT2D eigenvalue weighted by molar-refractivity contribution is 7.47. The molecular weight excluding hydrogens is 744 g/mol. The summed E-state index contributed by atoms with van der Waals surface area (Å²) in [7, 11) is -4.61. The molecule has 0 saturated carbocycles. The summed E-state index contributed by atoms with van der Waals surface area (Å²) in [5.74, 6) is -0.171. The van der Waals surface area contributed by atoms with Crippen LogP contribution < -0.4 is 5.73 Å². The van der Waals surface area contributed by atoms with Crippen LogP contribution in [0.1, 0.15) is 121 Å². The van der Waals surface area contributed by atoms with E-state index in [1.165, 1.54) is 112 Å². The third-order valence-electron chi connectivity index (χ3n) is 10.2. The highest BCUT2D eigenvalue weighted by atomic mass is 31.2. The zero-order valence-electron chi connectivity index (χ0n) is 32.7. The van der Waals surface area contributed by atoms with Gasteiger partial charge in [-0.25, -0.2) is 18.5 Å². The highest BCUT2D eigenvalue weighted by Gasteiger charge is 2.58. The number of aliphatic hydroxyl groups is 2. The molecule has 2 aromatic heterocycles. The number of aliphatic hydroxyl groups excluding tert-OH is 2. The fraction of sp³-hybridized carbons (Fsp3) is 0.675. The molecule has 1 saturated heterocycles. The first-order chi connectivity index (χ1) is 27.1. The van der Waals surface area contributed by atoms with Crippen molar-refractivity contribution < 1.29 is 47.3 Å². The Morgan fingerprint density at radius 1 is 0.946 bits per heavy atom. The van der Waals surface area contributed by atoms with Crippen LogP contribution in [0.2, 0.25) is 0 Å². The second kappa shape index (κ2) is 24.0. The monoisotopic (exact) mass is 805 g/mol. The molecule has 14 nitrogen and oxygen atoms in total. The van der Waals surface area contributed by atoms with Gasteiger partial charge in [0.05, 0.1) is 38.2 Å². The van der Waals surface area contributed by atoms with Gasteiger partial charge in [-0.15, -0.1) is 0 Å². The summed E-state index contributed by atoms with van der Waals surface area (Å²) >= 11 is 0. The van der Waals surface area contributed by atoms with E-state index < -0.39 is 38.3 Å². The number of hydrogen-bond donors (Lipinski definition) is 4. The molecule has 3 heterocycles. The van der Waals surface area contributed by atoms with Crippen LogP contribution in [-0.2, 0) is 40.0 Å². The molecule has 312 valence electrons. The molecule has 1 aliphatic rings. The van der Waals surface area contributed by atoms with Crippen molar-refractivity contribution in [3.8, 4) is 6.07 Å². The molecule has 0 aliphatic carbocycles. The summed E-state index contributed by atoms with van der Waals surface area (Å²) in [5, 5.41) is 35.7. The van der Waals surface area contributed by atoms with Crippen LogP contribution in [0.3, 0.4) is 0 Å². The number of phosphoric ester groups is 1. The lowest BCUT2D eigenvalue weighted by Crippen LogP contribution is -2.41. The minimum absolute atomic E-state index is 0.0873. The van der Waals surface area contributed by atoms with Crippen molar-refractivity contribution in [2.45, 2.75) is 146 Å². The van der Waals surface area contributed by atoms with Gasteiger partial charge in [-0.3, -0.25) is 9.05 Å². The van der Waals surface area contributed by atoms with E-state index in [1.54, 1.807) is 12.1 Å². The second-order valence-corrected chi connectivity index (χ2v) is 16.0. The molecule has 0 spiro atoms. The van der Waals surface area contributed by atoms with Gasteiger partial charge in [0.1, 0.15) is 42.0 Å². The smallest absolute Gasteiger partial charge is 0.387 e. The second-order valence-electron chi connectivity index (χ2n) is 14.6. The van der Waals surface area contributed by atoms with Crippen molar-refractivity contribution in [3.63, 3.8) is 0 Å². The predicted octanol–water partition coefficient (Wildman–Crippen LogP) is 7.29. The highest BCUT2D eigenvalue weighted by Crippen LogP contribution is 2.46. The number of fused-ring (bicyclic) bond motifs is 1. The Labute approximate surface area is 330 Å². The van der Waals surface area contributed by atoms with Crippen LogP contribution in [0.5, 0.6) is 0 Å². The lowest BCUT2D eigenvalue weighted by molar-refractivity contribution is -0.0645. The molecule has 4 rings (SSSR count). The van der Waals surface area contributed by atoms with Crippen molar-refractivity contribution >= 4 is 19.2 Å². The molecule has 2 unspecified atom stereocenters. The summed E-state index contributed by atoms with van der Waals surface area (Å²) in [6.07, 6.45) is 15.3. The largest absolute Gasteiger partial charge is 0.472 e. The van der Waals surface area contributed by atoms with E-state index >= 15 is 0 Å². The van der Waals surface area contributed by atoms with Gasteiger partial charge in [-0.2, -0.15) is 10.4 Å². The van der Waals surface area contributed by atoms with Crippen LogP contribution >= 0.6 is 7.82 Å². The number of ether oxygens (including phenoxy) is 3. The molecule has 16 heteroatoms. The van der Waals surface area contributed by atoms with Gasteiger partial charge < -0.3 is 35.1 Å². The van der Waals surface area contributed by atoms with Crippen LogP contribution in [0, 0.1) is 17.1 Å². The van der Waals surface area contributed by atoms with Crippen LogP contribution in [0.4, 0.5) is 10.2 Å². The van der Waals surface area contributed by atoms with Gasteiger partial charge in [0.2, 0.25) is 5.60 Å². The van der Waals surface area contributed by atoms with Crippen molar-refractivity contribution in [2.75, 3.05) is 32.2 Å². The average molecular weight is 806 g/mol. The van der Waals surface area contributed by atoms with Gasteiger partial charge in [0, 0.05) is 6.61 Å². The number of rotatable bonds is 29. The summed E-state index contributed by atoms with van der Waals surface area (Å²) in [6.45, 7) is 2.32. The van der Waals surface area contributed by atoms with E-state index in [0.717, 1.165) is 24.8 Å². The number of nitrogen functional groups attached to an aromatic ring is 1. The Bertz CT molecular complexity index is 1660. The van der Waals surface area contributed by atoms with Crippen LogP contribution in [-0.4, -0.2) is 80.5 Å². The van der Waals surface area contributed by atoms with Crippen molar-refractivity contribution in [3.05, 3.63) is 59.8 Å². The number of unbranched alkanes of at least 4 members (excludes halogenated alkanes) is 13. The van der Waals surface area contributed by atoms with Crippen LogP contribution in [0.25, 0.3) is 5.52 Å². The number of halogens is 1. The zero-order valence-corrected chi connectivity index (χ0v) is 33.6. The quantitative estimate of drug-likeness (QED) is 0.0403.